The Kier molecular flexibility index (Phi) is 5.40. The maximum atomic E-state index is 11.7. The molecular formula is C10H18N2O2S2. The van der Waals surface area contributed by atoms with E-state index in [0.29, 0.717) is 13.0 Å². The molecule has 0 aliphatic heterocycles. The second kappa shape index (κ2) is 6.34. The molecule has 0 aliphatic carbocycles. The Hall–Kier alpha value is -0.430. The molecule has 0 aromatic carbocycles. The van der Waals surface area contributed by atoms with Crippen LogP contribution in [-0.2, 0) is 10.0 Å². The summed E-state index contributed by atoms with van der Waals surface area (Å²) in [5.41, 5.74) is 0. The molecule has 1 atom stereocenters. The third-order valence-corrected chi connectivity index (χ3v) is 4.76. The van der Waals surface area contributed by atoms with Gasteiger partial charge in [0.25, 0.3) is 0 Å². The standard InChI is InChI=1S/C10H18N2O2S2/c1-9(10-5-3-7-15-10)12-16(13,14)8-4-6-11-2/h3,5,7,9,11-12H,4,6,8H2,1-2H3. The lowest BCUT2D eigenvalue weighted by Crippen LogP contribution is -2.29. The van der Waals surface area contributed by atoms with Crippen molar-refractivity contribution in [1.82, 2.24) is 10.0 Å². The highest BCUT2D eigenvalue weighted by Crippen LogP contribution is 2.18. The number of thiophene rings is 1. The molecule has 0 radical (unpaired) electrons. The molecule has 1 heterocycles. The van der Waals surface area contributed by atoms with Crippen molar-refractivity contribution in [2.75, 3.05) is 19.3 Å². The van der Waals surface area contributed by atoms with Crippen LogP contribution in [0.5, 0.6) is 0 Å². The predicted molar refractivity (Wildman–Crippen MR) is 68.2 cm³/mol. The van der Waals surface area contributed by atoms with Gasteiger partial charge in [-0.05, 0) is 38.4 Å². The van der Waals surface area contributed by atoms with Gasteiger partial charge in [0.15, 0.2) is 0 Å². The highest BCUT2D eigenvalue weighted by Gasteiger charge is 2.15. The van der Waals surface area contributed by atoms with E-state index < -0.39 is 10.0 Å². The third-order valence-electron chi connectivity index (χ3n) is 2.17. The predicted octanol–water partition coefficient (Wildman–Crippen LogP) is 1.34. The Morgan fingerprint density at radius 3 is 2.81 bits per heavy atom. The lowest BCUT2D eigenvalue weighted by Gasteiger charge is -2.12. The Labute approximate surface area is 101 Å². The molecule has 0 bridgehead atoms. The van der Waals surface area contributed by atoms with E-state index >= 15 is 0 Å². The third kappa shape index (κ3) is 4.61. The van der Waals surface area contributed by atoms with E-state index in [1.807, 2.05) is 31.5 Å². The van der Waals surface area contributed by atoms with E-state index in [4.69, 9.17) is 0 Å². The van der Waals surface area contributed by atoms with Crippen LogP contribution in [0, 0.1) is 0 Å². The summed E-state index contributed by atoms with van der Waals surface area (Å²) in [4.78, 5) is 1.04. The van der Waals surface area contributed by atoms with Crippen molar-refractivity contribution < 1.29 is 8.42 Å². The van der Waals surface area contributed by atoms with Crippen molar-refractivity contribution in [2.45, 2.75) is 19.4 Å². The summed E-state index contributed by atoms with van der Waals surface area (Å²) in [6.07, 6.45) is 0.628. The maximum Gasteiger partial charge on any atom is 0.212 e. The number of hydrogen-bond acceptors (Lipinski definition) is 4. The summed E-state index contributed by atoms with van der Waals surface area (Å²) in [5.74, 6) is 0.170. The summed E-state index contributed by atoms with van der Waals surface area (Å²) < 4.78 is 26.0. The van der Waals surface area contributed by atoms with Gasteiger partial charge in [0, 0.05) is 4.88 Å². The summed E-state index contributed by atoms with van der Waals surface area (Å²) in [6.45, 7) is 2.58. The minimum atomic E-state index is -3.16. The van der Waals surface area contributed by atoms with E-state index in [0.717, 1.165) is 4.88 Å². The minimum Gasteiger partial charge on any atom is -0.320 e. The fourth-order valence-electron chi connectivity index (χ4n) is 1.36. The van der Waals surface area contributed by atoms with Gasteiger partial charge in [-0.15, -0.1) is 11.3 Å². The molecular weight excluding hydrogens is 244 g/mol. The van der Waals surface area contributed by atoms with Gasteiger partial charge in [0.1, 0.15) is 0 Å². The van der Waals surface area contributed by atoms with Crippen LogP contribution in [0.25, 0.3) is 0 Å². The van der Waals surface area contributed by atoms with Gasteiger partial charge in [0.05, 0.1) is 11.8 Å². The second-order valence-electron chi connectivity index (χ2n) is 3.63. The molecule has 92 valence electrons. The summed E-state index contributed by atoms with van der Waals surface area (Å²) >= 11 is 1.56. The Balaban J connectivity index is 2.46. The van der Waals surface area contributed by atoms with E-state index in [1.54, 1.807) is 11.3 Å². The first kappa shape index (κ1) is 13.6. The van der Waals surface area contributed by atoms with Crippen molar-refractivity contribution in [3.8, 4) is 0 Å². The molecule has 0 saturated carbocycles. The largest absolute Gasteiger partial charge is 0.320 e. The monoisotopic (exact) mass is 262 g/mol. The highest BCUT2D eigenvalue weighted by atomic mass is 32.2. The zero-order valence-electron chi connectivity index (χ0n) is 9.56. The number of hydrogen-bond donors (Lipinski definition) is 2. The first-order chi connectivity index (χ1) is 7.55. The van der Waals surface area contributed by atoms with Crippen LogP contribution >= 0.6 is 11.3 Å². The van der Waals surface area contributed by atoms with Crippen LogP contribution in [0.1, 0.15) is 24.3 Å². The van der Waals surface area contributed by atoms with Gasteiger partial charge in [0.2, 0.25) is 10.0 Å². The molecule has 6 heteroatoms. The molecule has 2 N–H and O–H groups in total. The molecule has 0 saturated heterocycles. The van der Waals surface area contributed by atoms with Gasteiger partial charge in [-0.1, -0.05) is 6.07 Å². The summed E-state index contributed by atoms with van der Waals surface area (Å²) in [6, 6.07) is 3.72. The Morgan fingerprint density at radius 2 is 2.25 bits per heavy atom. The molecule has 16 heavy (non-hydrogen) atoms. The number of sulfonamides is 1. The number of nitrogens with one attached hydrogen (secondary N) is 2. The van der Waals surface area contributed by atoms with E-state index in [-0.39, 0.29) is 11.8 Å². The van der Waals surface area contributed by atoms with E-state index in [9.17, 15) is 8.42 Å². The quantitative estimate of drug-likeness (QED) is 0.729. The molecule has 1 rings (SSSR count). The molecule has 1 unspecified atom stereocenters. The SMILES string of the molecule is CNCCCS(=O)(=O)NC(C)c1cccs1. The van der Waals surface area contributed by atoms with Crippen molar-refractivity contribution in [2.24, 2.45) is 0 Å². The zero-order valence-corrected chi connectivity index (χ0v) is 11.2. The average molecular weight is 262 g/mol. The van der Waals surface area contributed by atoms with Crippen LogP contribution in [0.15, 0.2) is 17.5 Å². The average Bonchev–Trinajstić information content (AvgIpc) is 2.69. The van der Waals surface area contributed by atoms with Crippen molar-refractivity contribution in [3.05, 3.63) is 22.4 Å². The van der Waals surface area contributed by atoms with Crippen LogP contribution < -0.4 is 10.0 Å². The van der Waals surface area contributed by atoms with Gasteiger partial charge in [-0.25, -0.2) is 13.1 Å². The zero-order chi connectivity index (χ0) is 12.0. The molecule has 1 aromatic rings. The van der Waals surface area contributed by atoms with Gasteiger partial charge in [-0.3, -0.25) is 0 Å². The highest BCUT2D eigenvalue weighted by molar-refractivity contribution is 7.89. The lowest BCUT2D eigenvalue weighted by atomic mass is 10.3. The Bertz CT molecular complexity index is 387. The Morgan fingerprint density at radius 1 is 1.50 bits per heavy atom. The van der Waals surface area contributed by atoms with Crippen LogP contribution in [0.3, 0.4) is 0 Å². The number of rotatable bonds is 7. The van der Waals surface area contributed by atoms with Crippen molar-refractivity contribution in [1.29, 1.82) is 0 Å². The van der Waals surface area contributed by atoms with Crippen LogP contribution in [0.4, 0.5) is 0 Å². The van der Waals surface area contributed by atoms with Crippen molar-refractivity contribution >= 4 is 21.4 Å². The normalized spacial score (nSPS) is 13.9. The van der Waals surface area contributed by atoms with Crippen LogP contribution in [0.2, 0.25) is 0 Å². The fraction of sp³-hybridized carbons (Fsp3) is 0.600. The first-order valence-corrected chi connectivity index (χ1v) is 7.76. The topological polar surface area (TPSA) is 58.2 Å². The molecule has 0 amide bonds. The minimum absolute atomic E-state index is 0.139. The summed E-state index contributed by atoms with van der Waals surface area (Å²) in [7, 11) is -1.35. The maximum absolute atomic E-state index is 11.7. The molecule has 0 spiro atoms. The summed E-state index contributed by atoms with van der Waals surface area (Å²) in [5, 5.41) is 4.88. The van der Waals surface area contributed by atoms with Crippen LogP contribution in [-0.4, -0.2) is 27.8 Å². The van der Waals surface area contributed by atoms with E-state index in [1.165, 1.54) is 0 Å². The van der Waals surface area contributed by atoms with Gasteiger partial charge < -0.3 is 5.32 Å². The molecule has 0 fully saturated rings. The van der Waals surface area contributed by atoms with Gasteiger partial charge >= 0.3 is 0 Å². The smallest absolute Gasteiger partial charge is 0.212 e. The van der Waals surface area contributed by atoms with E-state index in [2.05, 4.69) is 10.0 Å². The van der Waals surface area contributed by atoms with Gasteiger partial charge in [-0.2, -0.15) is 0 Å². The fourth-order valence-corrected chi connectivity index (χ4v) is 3.48. The van der Waals surface area contributed by atoms with Crippen molar-refractivity contribution in [3.63, 3.8) is 0 Å². The molecule has 4 nitrogen and oxygen atoms in total. The second-order valence-corrected chi connectivity index (χ2v) is 6.48. The molecule has 0 aliphatic rings. The molecule has 1 aromatic heterocycles. The first-order valence-electron chi connectivity index (χ1n) is 5.23. The lowest BCUT2D eigenvalue weighted by molar-refractivity contribution is 0.564.